The molecular weight excluding hydrogens is 368 g/mol. The van der Waals surface area contributed by atoms with Crippen molar-refractivity contribution in [1.29, 1.82) is 0 Å². The molecule has 0 atom stereocenters. The van der Waals surface area contributed by atoms with Crippen molar-refractivity contribution in [2.45, 2.75) is 31.3 Å². The van der Waals surface area contributed by atoms with Gasteiger partial charge in [0.2, 0.25) is 11.8 Å². The lowest BCUT2D eigenvalue weighted by Gasteiger charge is -2.31. The van der Waals surface area contributed by atoms with Crippen LogP contribution in [0, 0.1) is 0 Å². The minimum Gasteiger partial charge on any atom is -0.497 e. The molecule has 142 valence electrons. The second-order valence-corrected chi connectivity index (χ2v) is 7.26. The number of anilines is 2. The summed E-state index contributed by atoms with van der Waals surface area (Å²) in [5.41, 5.74) is 0.387. The quantitative estimate of drug-likeness (QED) is 0.839. The molecule has 8 nitrogen and oxygen atoms in total. The van der Waals surface area contributed by atoms with Crippen LogP contribution in [-0.2, 0) is 16.1 Å². The molecule has 0 bridgehead atoms. The molecule has 0 spiro atoms. The van der Waals surface area contributed by atoms with Crippen molar-refractivity contribution in [3.8, 4) is 5.75 Å². The lowest BCUT2D eigenvalue weighted by molar-refractivity contribution is -0.117. The van der Waals surface area contributed by atoms with E-state index in [0.717, 1.165) is 4.68 Å². The topological polar surface area (TPSA) is 93.5 Å². The van der Waals surface area contributed by atoms with Gasteiger partial charge in [0.05, 0.1) is 24.0 Å². The fourth-order valence-electron chi connectivity index (χ4n) is 2.82. The number of benzene rings is 1. The highest BCUT2D eigenvalue weighted by Crippen LogP contribution is 2.32. The summed E-state index contributed by atoms with van der Waals surface area (Å²) in [4.78, 5) is 39.6. The van der Waals surface area contributed by atoms with Crippen LogP contribution in [-0.4, -0.2) is 40.5 Å². The second-order valence-electron chi connectivity index (χ2n) is 6.25. The summed E-state index contributed by atoms with van der Waals surface area (Å²) in [6.07, 6.45) is 1.53. The van der Waals surface area contributed by atoms with Gasteiger partial charge in [-0.2, -0.15) is 5.10 Å². The zero-order valence-corrected chi connectivity index (χ0v) is 16.1. The summed E-state index contributed by atoms with van der Waals surface area (Å²) in [7, 11) is 1.54. The lowest BCUT2D eigenvalue weighted by atomic mass is 10.2. The van der Waals surface area contributed by atoms with Crippen LogP contribution in [0.25, 0.3) is 0 Å². The van der Waals surface area contributed by atoms with E-state index in [2.05, 4.69) is 10.4 Å². The number of nitrogens with one attached hydrogen (secondary N) is 1. The Bertz CT molecular complexity index is 941. The Balaban J connectivity index is 1.84. The fourth-order valence-corrected chi connectivity index (χ4v) is 3.68. The van der Waals surface area contributed by atoms with Crippen LogP contribution in [0.4, 0.5) is 11.4 Å². The summed E-state index contributed by atoms with van der Waals surface area (Å²) in [5.74, 6) is 0.356. The normalized spacial score (nSPS) is 13.5. The number of hydrogen-bond acceptors (Lipinski definition) is 6. The van der Waals surface area contributed by atoms with E-state index in [1.54, 1.807) is 24.3 Å². The third-order valence-electron chi connectivity index (χ3n) is 4.01. The zero-order valence-electron chi connectivity index (χ0n) is 15.3. The molecule has 3 rings (SSSR count). The van der Waals surface area contributed by atoms with Crippen molar-refractivity contribution in [3.05, 3.63) is 40.8 Å². The first-order valence-electron chi connectivity index (χ1n) is 8.39. The Kier molecular flexibility index (Phi) is 5.50. The first kappa shape index (κ1) is 19.0. The van der Waals surface area contributed by atoms with Crippen molar-refractivity contribution >= 4 is 35.0 Å². The van der Waals surface area contributed by atoms with E-state index in [4.69, 9.17) is 4.74 Å². The Morgan fingerprint density at radius 1 is 1.37 bits per heavy atom. The Morgan fingerprint density at radius 2 is 2.15 bits per heavy atom. The molecule has 2 heterocycles. The molecule has 1 N–H and O–H groups in total. The van der Waals surface area contributed by atoms with E-state index in [1.165, 1.54) is 30.0 Å². The van der Waals surface area contributed by atoms with Crippen molar-refractivity contribution in [1.82, 2.24) is 9.78 Å². The minimum absolute atomic E-state index is 0.127. The van der Waals surface area contributed by atoms with Crippen LogP contribution < -0.4 is 20.5 Å². The first-order valence-corrected chi connectivity index (χ1v) is 9.38. The van der Waals surface area contributed by atoms with Crippen molar-refractivity contribution in [2.24, 2.45) is 0 Å². The maximum atomic E-state index is 12.9. The Hall–Kier alpha value is -2.81. The summed E-state index contributed by atoms with van der Waals surface area (Å²) >= 11 is 1.28. The summed E-state index contributed by atoms with van der Waals surface area (Å²) in [5, 5.41) is 6.80. The number of aromatic nitrogens is 2. The number of methoxy groups -OCH3 is 1. The maximum absolute atomic E-state index is 12.9. The Morgan fingerprint density at radius 3 is 2.85 bits per heavy atom. The van der Waals surface area contributed by atoms with Gasteiger partial charge in [-0.05, 0) is 26.0 Å². The number of nitrogens with zero attached hydrogens (tertiary/aromatic N) is 3. The second kappa shape index (κ2) is 7.83. The Labute approximate surface area is 160 Å². The van der Waals surface area contributed by atoms with E-state index in [-0.39, 0.29) is 29.9 Å². The van der Waals surface area contributed by atoms with Gasteiger partial charge in [0.15, 0.2) is 0 Å². The number of amides is 2. The van der Waals surface area contributed by atoms with Crippen LogP contribution in [0.3, 0.4) is 0 Å². The number of rotatable bonds is 5. The van der Waals surface area contributed by atoms with Gasteiger partial charge in [0, 0.05) is 17.8 Å². The number of fused-ring (bicyclic) bond motifs is 1. The number of thioether (sulfide) groups is 1. The third-order valence-corrected chi connectivity index (χ3v) is 5.01. The highest BCUT2D eigenvalue weighted by atomic mass is 32.2. The van der Waals surface area contributed by atoms with Crippen molar-refractivity contribution < 1.29 is 14.3 Å². The van der Waals surface area contributed by atoms with Gasteiger partial charge in [-0.3, -0.25) is 14.4 Å². The van der Waals surface area contributed by atoms with E-state index >= 15 is 0 Å². The molecule has 0 fully saturated rings. The van der Waals surface area contributed by atoms with E-state index < -0.39 is 11.5 Å². The number of carbonyl (C=O) groups is 2. The standard InChI is InChI=1S/C18H20N4O4S/c1-11(2)22-16(24)10-27-14-8-19-21(18(25)17(14)22)9-15(23)20-12-5-4-6-13(7-12)26-3/h4-8,11H,9-10H2,1-3H3,(H,20,23). The van der Waals surface area contributed by atoms with Gasteiger partial charge in [0.25, 0.3) is 5.56 Å². The first-order chi connectivity index (χ1) is 12.9. The highest BCUT2D eigenvalue weighted by Gasteiger charge is 2.30. The van der Waals surface area contributed by atoms with E-state index in [9.17, 15) is 14.4 Å². The summed E-state index contributed by atoms with van der Waals surface area (Å²) in [6.45, 7) is 3.43. The molecule has 2 amide bonds. The van der Waals surface area contributed by atoms with Gasteiger partial charge < -0.3 is 15.0 Å². The lowest BCUT2D eigenvalue weighted by Crippen LogP contribution is -2.45. The van der Waals surface area contributed by atoms with Gasteiger partial charge in [-0.25, -0.2) is 4.68 Å². The van der Waals surface area contributed by atoms with Crippen molar-refractivity contribution in [2.75, 3.05) is 23.1 Å². The van der Waals surface area contributed by atoms with Crippen LogP contribution in [0.1, 0.15) is 13.8 Å². The summed E-state index contributed by atoms with van der Waals surface area (Å²) < 4.78 is 6.19. The van der Waals surface area contributed by atoms with Gasteiger partial charge in [-0.15, -0.1) is 11.8 Å². The molecule has 2 aromatic rings. The summed E-state index contributed by atoms with van der Waals surface area (Å²) in [6, 6.07) is 6.75. The predicted octanol–water partition coefficient (Wildman–Crippen LogP) is 1.74. The van der Waals surface area contributed by atoms with Gasteiger partial charge in [0.1, 0.15) is 18.0 Å². The van der Waals surface area contributed by atoms with Gasteiger partial charge in [-0.1, -0.05) is 6.07 Å². The van der Waals surface area contributed by atoms with Crippen LogP contribution in [0.15, 0.2) is 40.2 Å². The maximum Gasteiger partial charge on any atom is 0.292 e. The van der Waals surface area contributed by atoms with Crippen LogP contribution in [0.5, 0.6) is 5.75 Å². The third kappa shape index (κ3) is 3.97. The molecule has 1 aliphatic heterocycles. The average Bonchev–Trinajstić information content (AvgIpc) is 2.64. The minimum atomic E-state index is -0.456. The number of carbonyl (C=O) groups excluding carboxylic acids is 2. The predicted molar refractivity (Wildman–Crippen MR) is 103 cm³/mol. The van der Waals surface area contributed by atoms with Crippen molar-refractivity contribution in [3.63, 3.8) is 0 Å². The molecule has 0 unspecified atom stereocenters. The number of ether oxygens (including phenoxy) is 1. The molecule has 0 radical (unpaired) electrons. The number of hydrogen-bond donors (Lipinski definition) is 1. The van der Waals surface area contributed by atoms with E-state index in [0.29, 0.717) is 16.3 Å². The van der Waals surface area contributed by atoms with Gasteiger partial charge >= 0.3 is 0 Å². The van der Waals surface area contributed by atoms with Crippen LogP contribution in [0.2, 0.25) is 0 Å². The molecule has 9 heteroatoms. The molecule has 1 aliphatic rings. The SMILES string of the molecule is COc1cccc(NC(=O)Cn2ncc3c(c2=O)N(C(C)C)C(=O)CS3)c1. The molecular formula is C18H20N4O4S. The highest BCUT2D eigenvalue weighted by molar-refractivity contribution is 8.00. The van der Waals surface area contributed by atoms with E-state index in [1.807, 2.05) is 13.8 Å². The smallest absolute Gasteiger partial charge is 0.292 e. The fraction of sp³-hybridized carbons (Fsp3) is 0.333. The molecule has 1 aromatic heterocycles. The molecule has 0 aliphatic carbocycles. The molecule has 0 saturated carbocycles. The molecule has 1 aromatic carbocycles. The average molecular weight is 388 g/mol. The molecule has 0 saturated heterocycles. The zero-order chi connectivity index (χ0) is 19.6. The molecule has 27 heavy (non-hydrogen) atoms. The monoisotopic (exact) mass is 388 g/mol. The van der Waals surface area contributed by atoms with Crippen LogP contribution >= 0.6 is 11.8 Å². The largest absolute Gasteiger partial charge is 0.497 e.